The van der Waals surface area contributed by atoms with E-state index in [1.807, 2.05) is 0 Å². The van der Waals surface area contributed by atoms with Crippen molar-refractivity contribution in [3.8, 4) is 0 Å². The Morgan fingerprint density at radius 3 is 2.28 bits per heavy atom. The zero-order chi connectivity index (χ0) is 20.9. The van der Waals surface area contributed by atoms with Crippen LogP contribution in [0.5, 0.6) is 0 Å². The fourth-order valence-electron chi connectivity index (χ4n) is 3.62. The van der Waals surface area contributed by atoms with Crippen LogP contribution in [0.25, 0.3) is 0 Å². The van der Waals surface area contributed by atoms with Gasteiger partial charge >= 0.3 is 6.18 Å². The Bertz CT molecular complexity index is 1060. The molecule has 0 bridgehead atoms. The first kappa shape index (κ1) is 20.2. The van der Waals surface area contributed by atoms with Gasteiger partial charge in [0.15, 0.2) is 5.66 Å². The van der Waals surface area contributed by atoms with Crippen molar-refractivity contribution in [1.82, 2.24) is 4.31 Å². The summed E-state index contributed by atoms with van der Waals surface area (Å²) >= 11 is 1.18. The molecule has 0 radical (unpaired) electrons. The summed E-state index contributed by atoms with van der Waals surface area (Å²) in [5.41, 5.74) is 0.331. The predicted molar refractivity (Wildman–Crippen MR) is 106 cm³/mol. The minimum atomic E-state index is -4.39. The molecular weight excluding hydrogens is 423 g/mol. The van der Waals surface area contributed by atoms with Crippen molar-refractivity contribution in [2.24, 2.45) is 9.98 Å². The summed E-state index contributed by atoms with van der Waals surface area (Å²) < 4.78 is 65.5. The SMILES string of the molecule is CC1=NC2(CCN(S(=O)(=O)c3cccs3)CC2)N=C1c1ccc(C(F)(F)F)cc1. The molecule has 2 aliphatic heterocycles. The van der Waals surface area contributed by atoms with Crippen LogP contribution in [0.3, 0.4) is 0 Å². The Balaban J connectivity index is 1.53. The van der Waals surface area contributed by atoms with Gasteiger partial charge in [-0.05, 0) is 30.5 Å². The third kappa shape index (κ3) is 3.76. The normalized spacial score (nSPS) is 20.0. The van der Waals surface area contributed by atoms with Crippen molar-refractivity contribution in [3.63, 3.8) is 0 Å². The average Bonchev–Trinajstić information content (AvgIpc) is 3.31. The quantitative estimate of drug-likeness (QED) is 0.716. The van der Waals surface area contributed by atoms with E-state index in [9.17, 15) is 21.6 Å². The smallest absolute Gasteiger partial charge is 0.258 e. The Morgan fingerprint density at radius 1 is 1.07 bits per heavy atom. The van der Waals surface area contributed by atoms with Gasteiger partial charge in [0.25, 0.3) is 10.0 Å². The number of sulfonamides is 1. The van der Waals surface area contributed by atoms with E-state index in [2.05, 4.69) is 4.99 Å². The second-order valence-corrected chi connectivity index (χ2v) is 10.2. The summed E-state index contributed by atoms with van der Waals surface area (Å²) in [6, 6.07) is 8.15. The van der Waals surface area contributed by atoms with Crippen LogP contribution in [0.4, 0.5) is 13.2 Å². The lowest BCUT2D eigenvalue weighted by atomic mass is 10.00. The number of nitrogens with zero attached hydrogens (tertiary/aromatic N) is 3. The molecule has 4 rings (SSSR count). The topological polar surface area (TPSA) is 62.1 Å². The maximum absolute atomic E-state index is 12.8. The second-order valence-electron chi connectivity index (χ2n) is 7.05. The van der Waals surface area contributed by atoms with Crippen LogP contribution in [-0.4, -0.2) is 42.9 Å². The van der Waals surface area contributed by atoms with E-state index in [0.29, 0.717) is 47.1 Å². The van der Waals surface area contributed by atoms with Crippen molar-refractivity contribution in [2.45, 2.75) is 35.8 Å². The number of rotatable bonds is 3. The van der Waals surface area contributed by atoms with Crippen LogP contribution in [0.15, 0.2) is 56.0 Å². The number of hydrogen-bond acceptors (Lipinski definition) is 5. The van der Waals surface area contributed by atoms with Crippen LogP contribution >= 0.6 is 11.3 Å². The van der Waals surface area contributed by atoms with E-state index in [-0.39, 0.29) is 0 Å². The fraction of sp³-hybridized carbons (Fsp3) is 0.368. The molecule has 5 nitrogen and oxygen atoms in total. The molecule has 1 spiro atoms. The lowest BCUT2D eigenvalue weighted by Crippen LogP contribution is -2.44. The molecule has 0 N–H and O–H groups in total. The van der Waals surface area contributed by atoms with Gasteiger partial charge in [-0.15, -0.1) is 11.3 Å². The molecule has 1 aromatic carbocycles. The van der Waals surface area contributed by atoms with Crippen LogP contribution in [0.1, 0.15) is 30.9 Å². The van der Waals surface area contributed by atoms with Gasteiger partial charge in [-0.3, -0.25) is 9.98 Å². The summed E-state index contributed by atoms with van der Waals surface area (Å²) in [7, 11) is -3.51. The Morgan fingerprint density at radius 2 is 1.72 bits per heavy atom. The van der Waals surface area contributed by atoms with Crippen molar-refractivity contribution >= 4 is 32.8 Å². The molecule has 0 saturated carbocycles. The van der Waals surface area contributed by atoms with Gasteiger partial charge in [-0.1, -0.05) is 18.2 Å². The highest BCUT2D eigenvalue weighted by Crippen LogP contribution is 2.36. The molecule has 1 aromatic heterocycles. The van der Waals surface area contributed by atoms with Gasteiger partial charge in [-0.25, -0.2) is 8.42 Å². The summed E-state index contributed by atoms with van der Waals surface area (Å²) in [6.07, 6.45) is -3.53. The van der Waals surface area contributed by atoms with Crippen molar-refractivity contribution < 1.29 is 21.6 Å². The van der Waals surface area contributed by atoms with E-state index in [4.69, 9.17) is 4.99 Å². The molecule has 10 heteroatoms. The number of benzene rings is 1. The number of thiophene rings is 1. The third-order valence-corrected chi connectivity index (χ3v) is 8.41. The lowest BCUT2D eigenvalue weighted by molar-refractivity contribution is -0.137. The Hall–Kier alpha value is -2.04. The zero-order valence-electron chi connectivity index (χ0n) is 15.5. The Kier molecular flexibility index (Phi) is 4.91. The first-order valence-electron chi connectivity index (χ1n) is 8.99. The molecule has 1 fully saturated rings. The van der Waals surface area contributed by atoms with E-state index in [0.717, 1.165) is 12.1 Å². The van der Waals surface area contributed by atoms with Crippen molar-refractivity contribution in [3.05, 3.63) is 52.9 Å². The minimum Gasteiger partial charge on any atom is -0.258 e. The first-order chi connectivity index (χ1) is 13.6. The van der Waals surface area contributed by atoms with Gasteiger partial charge in [0.1, 0.15) is 4.21 Å². The van der Waals surface area contributed by atoms with Gasteiger partial charge in [-0.2, -0.15) is 17.5 Å². The molecule has 0 aliphatic carbocycles. The van der Waals surface area contributed by atoms with E-state index in [1.165, 1.54) is 27.8 Å². The third-order valence-electron chi connectivity index (χ3n) is 5.14. The molecule has 29 heavy (non-hydrogen) atoms. The molecule has 3 heterocycles. The monoisotopic (exact) mass is 441 g/mol. The molecular formula is C19H18F3N3O2S2. The van der Waals surface area contributed by atoms with Crippen LogP contribution in [0.2, 0.25) is 0 Å². The molecule has 0 atom stereocenters. The highest BCUT2D eigenvalue weighted by Gasteiger charge is 2.41. The van der Waals surface area contributed by atoms with Crippen molar-refractivity contribution in [2.75, 3.05) is 13.1 Å². The summed E-state index contributed by atoms with van der Waals surface area (Å²) in [4.78, 5) is 9.37. The predicted octanol–water partition coefficient (Wildman–Crippen LogP) is 4.21. The lowest BCUT2D eigenvalue weighted by Gasteiger charge is -2.34. The summed E-state index contributed by atoms with van der Waals surface area (Å²) in [5, 5.41) is 1.73. The number of alkyl halides is 3. The van der Waals surface area contributed by atoms with Gasteiger partial charge in [0, 0.05) is 31.5 Å². The second kappa shape index (κ2) is 7.03. The molecule has 154 valence electrons. The number of halogens is 3. The molecule has 0 amide bonds. The highest BCUT2D eigenvalue weighted by atomic mass is 32.2. The minimum absolute atomic E-state index is 0.292. The average molecular weight is 442 g/mol. The first-order valence-corrected chi connectivity index (χ1v) is 11.3. The van der Waals surface area contributed by atoms with E-state index >= 15 is 0 Å². The van der Waals surface area contributed by atoms with Crippen LogP contribution < -0.4 is 0 Å². The standard InChI is InChI=1S/C19H18F3N3O2S2/c1-13-17(14-4-6-15(7-5-14)19(20,21)22)24-18(23-13)8-10-25(11-9-18)29(26,27)16-3-2-12-28-16/h2-7,12H,8-11H2,1H3. The molecule has 2 aromatic rings. The van der Waals surface area contributed by atoms with Crippen molar-refractivity contribution in [1.29, 1.82) is 0 Å². The van der Waals surface area contributed by atoms with Crippen LogP contribution in [0, 0.1) is 0 Å². The van der Waals surface area contributed by atoms with Crippen LogP contribution in [-0.2, 0) is 16.2 Å². The van der Waals surface area contributed by atoms with E-state index in [1.54, 1.807) is 24.4 Å². The maximum atomic E-state index is 12.8. The van der Waals surface area contributed by atoms with Gasteiger partial charge in [0.05, 0.1) is 17.0 Å². The highest BCUT2D eigenvalue weighted by molar-refractivity contribution is 7.91. The van der Waals surface area contributed by atoms with E-state index < -0.39 is 27.4 Å². The number of aliphatic imine (C=N–C) groups is 2. The summed E-state index contributed by atoms with van der Waals surface area (Å²) in [6.45, 7) is 2.36. The number of hydrogen-bond donors (Lipinski definition) is 0. The molecule has 1 saturated heterocycles. The Labute approximate surface area is 170 Å². The van der Waals surface area contributed by atoms with Gasteiger partial charge < -0.3 is 0 Å². The number of piperidine rings is 1. The molecule has 2 aliphatic rings. The maximum Gasteiger partial charge on any atom is 0.416 e. The zero-order valence-corrected chi connectivity index (χ0v) is 17.1. The largest absolute Gasteiger partial charge is 0.416 e. The summed E-state index contributed by atoms with van der Waals surface area (Å²) in [5.74, 6) is 0. The van der Waals surface area contributed by atoms with Gasteiger partial charge in [0.2, 0.25) is 0 Å². The molecule has 0 unspecified atom stereocenters. The fourth-order valence-corrected chi connectivity index (χ4v) is 6.20.